The summed E-state index contributed by atoms with van der Waals surface area (Å²) in [4.78, 5) is 4.07. The van der Waals surface area contributed by atoms with Gasteiger partial charge in [0.05, 0.1) is 18.8 Å². The molecule has 0 aromatic carbocycles. The van der Waals surface area contributed by atoms with Crippen molar-refractivity contribution in [2.24, 2.45) is 5.41 Å². The predicted octanol–water partition coefficient (Wildman–Crippen LogP) is 0.320. The van der Waals surface area contributed by atoms with Crippen molar-refractivity contribution in [1.82, 2.24) is 10.3 Å². The molecule has 19 heavy (non-hydrogen) atoms. The molecular formula is C14H22N2O3. The highest BCUT2D eigenvalue weighted by Gasteiger charge is 2.43. The van der Waals surface area contributed by atoms with Crippen LogP contribution in [0.15, 0.2) is 24.5 Å². The molecule has 0 radical (unpaired) electrons. The Morgan fingerprint density at radius 2 is 2.16 bits per heavy atom. The summed E-state index contributed by atoms with van der Waals surface area (Å²) < 4.78 is 5.25. The zero-order valence-electron chi connectivity index (χ0n) is 11.2. The maximum Gasteiger partial charge on any atom is 0.0806 e. The van der Waals surface area contributed by atoms with Crippen molar-refractivity contribution < 1.29 is 14.9 Å². The number of rotatable bonds is 6. The first-order chi connectivity index (χ1) is 9.15. The Bertz CT molecular complexity index is 376. The molecule has 1 unspecified atom stereocenters. The number of aliphatic hydroxyl groups excluding tert-OH is 2. The van der Waals surface area contributed by atoms with Crippen LogP contribution in [0.5, 0.6) is 0 Å². The number of hydrogen-bond acceptors (Lipinski definition) is 5. The van der Waals surface area contributed by atoms with Gasteiger partial charge in [-0.1, -0.05) is 6.07 Å². The quantitative estimate of drug-likeness (QED) is 0.691. The van der Waals surface area contributed by atoms with E-state index in [0.717, 1.165) is 12.1 Å². The number of aromatic nitrogens is 1. The van der Waals surface area contributed by atoms with Crippen LogP contribution in [0.1, 0.15) is 18.4 Å². The summed E-state index contributed by atoms with van der Waals surface area (Å²) in [6, 6.07) is 3.92. The van der Waals surface area contributed by atoms with E-state index < -0.39 is 12.2 Å². The Balaban J connectivity index is 1.88. The molecule has 1 aliphatic rings. The Labute approximate surface area is 113 Å². The highest BCUT2D eigenvalue weighted by Crippen LogP contribution is 2.38. The van der Waals surface area contributed by atoms with Crippen LogP contribution in [-0.4, -0.2) is 47.7 Å². The first-order valence-corrected chi connectivity index (χ1v) is 6.60. The number of ether oxygens (including phenoxy) is 1. The van der Waals surface area contributed by atoms with E-state index in [-0.39, 0.29) is 5.41 Å². The molecule has 0 saturated heterocycles. The third kappa shape index (κ3) is 3.73. The standard InChI is InChI=1S/C14H22N2O3/c1-19-10-14(5-12(17)13(18)6-14)9-16-8-11-3-2-4-15-7-11/h2-4,7,12-13,16-18H,5-6,8-10H2,1H3/t12-,13+,14?. The molecule has 0 amide bonds. The number of methoxy groups -OCH3 is 1. The summed E-state index contributed by atoms with van der Waals surface area (Å²) >= 11 is 0. The molecule has 106 valence electrons. The van der Waals surface area contributed by atoms with Crippen molar-refractivity contribution in [2.75, 3.05) is 20.3 Å². The third-order valence-corrected chi connectivity index (χ3v) is 3.73. The van der Waals surface area contributed by atoms with Crippen LogP contribution in [0.2, 0.25) is 0 Å². The van der Waals surface area contributed by atoms with Crippen LogP contribution in [-0.2, 0) is 11.3 Å². The van der Waals surface area contributed by atoms with Gasteiger partial charge in [0.2, 0.25) is 0 Å². The van der Waals surface area contributed by atoms with Crippen molar-refractivity contribution in [3.8, 4) is 0 Å². The first kappa shape index (κ1) is 14.4. The van der Waals surface area contributed by atoms with Crippen molar-refractivity contribution in [2.45, 2.75) is 31.6 Å². The predicted molar refractivity (Wildman–Crippen MR) is 71.5 cm³/mol. The lowest BCUT2D eigenvalue weighted by molar-refractivity contribution is 0.0438. The fourth-order valence-corrected chi connectivity index (χ4v) is 2.84. The van der Waals surface area contributed by atoms with Crippen LogP contribution < -0.4 is 5.32 Å². The van der Waals surface area contributed by atoms with E-state index in [1.165, 1.54) is 0 Å². The van der Waals surface area contributed by atoms with Gasteiger partial charge in [-0.3, -0.25) is 4.98 Å². The van der Waals surface area contributed by atoms with Gasteiger partial charge in [-0.25, -0.2) is 0 Å². The largest absolute Gasteiger partial charge is 0.390 e. The summed E-state index contributed by atoms with van der Waals surface area (Å²) in [7, 11) is 1.65. The monoisotopic (exact) mass is 266 g/mol. The van der Waals surface area contributed by atoms with Crippen molar-refractivity contribution in [3.63, 3.8) is 0 Å². The average Bonchev–Trinajstić information content (AvgIpc) is 2.67. The Morgan fingerprint density at radius 3 is 2.74 bits per heavy atom. The van der Waals surface area contributed by atoms with Gasteiger partial charge < -0.3 is 20.3 Å². The normalized spacial score (nSPS) is 30.7. The highest BCUT2D eigenvalue weighted by molar-refractivity contribution is 5.08. The number of hydrogen-bond donors (Lipinski definition) is 3. The van der Waals surface area contributed by atoms with Gasteiger partial charge in [0.25, 0.3) is 0 Å². The minimum atomic E-state index is -0.643. The maximum absolute atomic E-state index is 9.73. The van der Waals surface area contributed by atoms with Gasteiger partial charge >= 0.3 is 0 Å². The molecule has 3 atom stereocenters. The Morgan fingerprint density at radius 1 is 1.42 bits per heavy atom. The fourth-order valence-electron chi connectivity index (χ4n) is 2.84. The second-order valence-electron chi connectivity index (χ2n) is 5.44. The van der Waals surface area contributed by atoms with Crippen LogP contribution >= 0.6 is 0 Å². The van der Waals surface area contributed by atoms with Crippen LogP contribution in [0.4, 0.5) is 0 Å². The second kappa shape index (κ2) is 6.43. The van der Waals surface area contributed by atoms with Crippen LogP contribution in [0.25, 0.3) is 0 Å². The lowest BCUT2D eigenvalue weighted by atomic mass is 9.86. The molecule has 1 heterocycles. The fraction of sp³-hybridized carbons (Fsp3) is 0.643. The summed E-state index contributed by atoms with van der Waals surface area (Å²) in [5, 5.41) is 22.8. The van der Waals surface area contributed by atoms with Gasteiger partial charge in [-0.05, 0) is 24.5 Å². The SMILES string of the molecule is COCC1(CNCc2cccnc2)C[C@@H](O)[C@@H](O)C1. The summed E-state index contributed by atoms with van der Waals surface area (Å²) in [6.45, 7) is 1.98. The third-order valence-electron chi connectivity index (χ3n) is 3.73. The molecule has 1 aromatic rings. The van der Waals surface area contributed by atoms with E-state index in [1.807, 2.05) is 18.3 Å². The van der Waals surface area contributed by atoms with Gasteiger partial charge in [0, 0.05) is 38.0 Å². The van der Waals surface area contributed by atoms with E-state index in [9.17, 15) is 10.2 Å². The first-order valence-electron chi connectivity index (χ1n) is 6.60. The number of pyridine rings is 1. The highest BCUT2D eigenvalue weighted by atomic mass is 16.5. The lowest BCUT2D eigenvalue weighted by Gasteiger charge is -2.28. The van der Waals surface area contributed by atoms with Gasteiger partial charge in [0.15, 0.2) is 0 Å². The molecule has 0 aliphatic heterocycles. The zero-order chi connectivity index (χ0) is 13.7. The molecule has 2 rings (SSSR count). The average molecular weight is 266 g/mol. The molecule has 1 aromatic heterocycles. The van der Waals surface area contributed by atoms with E-state index in [2.05, 4.69) is 10.3 Å². The number of aliphatic hydroxyl groups is 2. The zero-order valence-corrected chi connectivity index (χ0v) is 11.2. The summed E-state index contributed by atoms with van der Waals surface area (Å²) in [5.41, 5.74) is 0.935. The molecule has 1 saturated carbocycles. The van der Waals surface area contributed by atoms with Crippen LogP contribution in [0, 0.1) is 5.41 Å². The second-order valence-corrected chi connectivity index (χ2v) is 5.44. The van der Waals surface area contributed by atoms with E-state index in [4.69, 9.17) is 4.74 Å². The lowest BCUT2D eigenvalue weighted by Crippen LogP contribution is -2.36. The maximum atomic E-state index is 9.73. The van der Waals surface area contributed by atoms with Crippen LogP contribution in [0.3, 0.4) is 0 Å². The molecule has 1 fully saturated rings. The topological polar surface area (TPSA) is 74.6 Å². The minimum Gasteiger partial charge on any atom is -0.390 e. The molecule has 5 nitrogen and oxygen atoms in total. The Hall–Kier alpha value is -1.01. The smallest absolute Gasteiger partial charge is 0.0806 e. The molecular weight excluding hydrogens is 244 g/mol. The molecule has 3 N–H and O–H groups in total. The number of nitrogens with one attached hydrogen (secondary N) is 1. The van der Waals surface area contributed by atoms with Gasteiger partial charge in [-0.15, -0.1) is 0 Å². The van der Waals surface area contributed by atoms with Crippen molar-refractivity contribution in [1.29, 1.82) is 0 Å². The van der Waals surface area contributed by atoms with Gasteiger partial charge in [0.1, 0.15) is 0 Å². The minimum absolute atomic E-state index is 0.185. The molecule has 5 heteroatoms. The van der Waals surface area contributed by atoms with Gasteiger partial charge in [-0.2, -0.15) is 0 Å². The molecule has 0 spiro atoms. The molecule has 0 bridgehead atoms. The summed E-state index contributed by atoms with van der Waals surface area (Å²) in [6.07, 6.45) is 3.43. The Kier molecular flexibility index (Phi) is 4.87. The summed E-state index contributed by atoms with van der Waals surface area (Å²) in [5.74, 6) is 0. The van der Waals surface area contributed by atoms with E-state index >= 15 is 0 Å². The van der Waals surface area contributed by atoms with E-state index in [1.54, 1.807) is 13.3 Å². The molecule has 1 aliphatic carbocycles. The van der Waals surface area contributed by atoms with E-state index in [0.29, 0.717) is 26.0 Å². The van der Waals surface area contributed by atoms with Crippen molar-refractivity contribution in [3.05, 3.63) is 30.1 Å². The number of nitrogens with zero attached hydrogens (tertiary/aromatic N) is 1. The van der Waals surface area contributed by atoms with Crippen molar-refractivity contribution >= 4 is 0 Å².